The Labute approximate surface area is 186 Å². The van der Waals surface area contributed by atoms with Crippen molar-refractivity contribution >= 4 is 41.2 Å². The van der Waals surface area contributed by atoms with Crippen molar-refractivity contribution in [2.75, 3.05) is 11.9 Å². The van der Waals surface area contributed by atoms with Crippen molar-refractivity contribution in [1.29, 1.82) is 0 Å². The van der Waals surface area contributed by atoms with Crippen LogP contribution in [-0.4, -0.2) is 35.4 Å². The first-order valence-corrected chi connectivity index (χ1v) is 10.3. The van der Waals surface area contributed by atoms with E-state index in [0.29, 0.717) is 22.0 Å². The molecule has 2 N–H and O–H groups in total. The normalized spacial score (nSPS) is 15.7. The summed E-state index contributed by atoms with van der Waals surface area (Å²) in [6, 6.07) is 11.7. The maximum atomic E-state index is 12.6. The van der Waals surface area contributed by atoms with Gasteiger partial charge in [0.05, 0.1) is 11.1 Å². The van der Waals surface area contributed by atoms with Gasteiger partial charge in [-0.2, -0.15) is 0 Å². The average Bonchev–Trinajstić information content (AvgIpc) is 2.99. The van der Waals surface area contributed by atoms with E-state index in [0.717, 1.165) is 16.9 Å². The lowest BCUT2D eigenvalue weighted by atomic mass is 10.1. The number of anilines is 1. The minimum atomic E-state index is -0.655. The quantitative estimate of drug-likeness (QED) is 0.493. The minimum absolute atomic E-state index is 0.0250. The number of ether oxygens (including phenoxy) is 1. The van der Waals surface area contributed by atoms with Crippen LogP contribution in [0.15, 0.2) is 48.2 Å². The molecule has 1 saturated heterocycles. The number of benzene rings is 2. The third kappa shape index (κ3) is 5.64. The van der Waals surface area contributed by atoms with Crippen LogP contribution >= 0.6 is 11.6 Å². The molecule has 2 aromatic rings. The number of nitrogens with zero attached hydrogens (tertiary/aromatic N) is 1. The second kappa shape index (κ2) is 9.66. The lowest BCUT2D eigenvalue weighted by Gasteiger charge is -2.14. The predicted molar refractivity (Wildman–Crippen MR) is 120 cm³/mol. The van der Waals surface area contributed by atoms with E-state index in [1.807, 2.05) is 32.9 Å². The highest BCUT2D eigenvalue weighted by Crippen LogP contribution is 2.28. The van der Waals surface area contributed by atoms with E-state index in [2.05, 4.69) is 10.6 Å². The molecule has 0 aromatic heterocycles. The number of urea groups is 1. The van der Waals surface area contributed by atoms with Crippen molar-refractivity contribution in [2.24, 2.45) is 0 Å². The molecular weight excluding hydrogens is 418 g/mol. The monoisotopic (exact) mass is 441 g/mol. The van der Waals surface area contributed by atoms with Gasteiger partial charge in [0.25, 0.3) is 5.91 Å². The third-order valence-electron chi connectivity index (χ3n) is 4.77. The van der Waals surface area contributed by atoms with E-state index in [1.54, 1.807) is 30.3 Å². The Balaban J connectivity index is 1.67. The van der Waals surface area contributed by atoms with Crippen LogP contribution in [0.4, 0.5) is 10.5 Å². The number of carbonyl (C=O) groups excluding carboxylic acids is 3. The first-order valence-electron chi connectivity index (χ1n) is 9.94. The van der Waals surface area contributed by atoms with Crippen LogP contribution in [0.2, 0.25) is 5.02 Å². The number of hydrogen-bond acceptors (Lipinski definition) is 4. The zero-order chi connectivity index (χ0) is 22.5. The van der Waals surface area contributed by atoms with Gasteiger partial charge < -0.3 is 15.4 Å². The Hall–Kier alpha value is -3.32. The molecular formula is C23H24ClN3O4. The summed E-state index contributed by atoms with van der Waals surface area (Å²) in [5, 5.41) is 5.57. The molecule has 1 atom stereocenters. The van der Waals surface area contributed by atoms with Crippen molar-refractivity contribution in [3.8, 4) is 5.75 Å². The zero-order valence-corrected chi connectivity index (χ0v) is 18.3. The summed E-state index contributed by atoms with van der Waals surface area (Å²) in [5.74, 6) is -0.502. The molecule has 0 spiro atoms. The Kier molecular flexibility index (Phi) is 6.97. The molecule has 0 saturated carbocycles. The minimum Gasteiger partial charge on any atom is -0.489 e. The average molecular weight is 442 g/mol. The van der Waals surface area contributed by atoms with Crippen molar-refractivity contribution in [3.05, 3.63) is 64.3 Å². The molecule has 0 aliphatic carbocycles. The van der Waals surface area contributed by atoms with Crippen molar-refractivity contribution < 1.29 is 19.1 Å². The molecule has 7 nitrogen and oxygen atoms in total. The topological polar surface area (TPSA) is 87.7 Å². The molecule has 162 valence electrons. The molecule has 1 heterocycles. The first-order chi connectivity index (χ1) is 14.8. The van der Waals surface area contributed by atoms with E-state index in [4.69, 9.17) is 16.3 Å². The highest BCUT2D eigenvalue weighted by molar-refractivity contribution is 6.32. The molecule has 31 heavy (non-hydrogen) atoms. The Bertz CT molecular complexity index is 1030. The smallest absolute Gasteiger partial charge is 0.329 e. The largest absolute Gasteiger partial charge is 0.489 e. The van der Waals surface area contributed by atoms with Crippen LogP contribution < -0.4 is 15.4 Å². The standard InChI is InChI=1S/C23H24ClN3O4/c1-4-15(3)31-20-10-7-16(11-18(20)24)12-19-22(29)27(23(30)26-19)13-21(28)25-17-8-5-14(2)6-9-17/h5-12,15H,4,13H2,1-3H3,(H,25,28)(H,26,30)/b19-12-/t15-/m1/s1. The van der Waals surface area contributed by atoms with E-state index in [1.165, 1.54) is 6.08 Å². The van der Waals surface area contributed by atoms with Gasteiger partial charge in [0.1, 0.15) is 18.0 Å². The highest BCUT2D eigenvalue weighted by atomic mass is 35.5. The molecule has 8 heteroatoms. The number of rotatable bonds is 7. The van der Waals surface area contributed by atoms with Gasteiger partial charge in [-0.25, -0.2) is 9.69 Å². The number of amides is 4. The zero-order valence-electron chi connectivity index (χ0n) is 17.6. The van der Waals surface area contributed by atoms with Gasteiger partial charge in [-0.3, -0.25) is 9.59 Å². The number of hydrogen-bond donors (Lipinski definition) is 2. The van der Waals surface area contributed by atoms with Gasteiger partial charge in [0.2, 0.25) is 5.91 Å². The van der Waals surface area contributed by atoms with Gasteiger partial charge >= 0.3 is 6.03 Å². The summed E-state index contributed by atoms with van der Waals surface area (Å²) >= 11 is 6.28. The van der Waals surface area contributed by atoms with Crippen LogP contribution in [0.25, 0.3) is 6.08 Å². The predicted octanol–water partition coefficient (Wildman–Crippen LogP) is 4.36. The van der Waals surface area contributed by atoms with E-state index in [-0.39, 0.29) is 11.8 Å². The molecule has 1 aliphatic heterocycles. The number of nitrogens with one attached hydrogen (secondary N) is 2. The number of aryl methyl sites for hydroxylation is 1. The molecule has 1 aliphatic rings. The number of imide groups is 1. The molecule has 3 rings (SSSR count). The van der Waals surface area contributed by atoms with Gasteiger partial charge in [-0.1, -0.05) is 42.3 Å². The van der Waals surface area contributed by atoms with Crippen LogP contribution in [0, 0.1) is 6.92 Å². The van der Waals surface area contributed by atoms with Gasteiger partial charge in [-0.15, -0.1) is 0 Å². The SMILES string of the molecule is CC[C@@H](C)Oc1ccc(/C=C2\NC(=O)N(CC(=O)Nc3ccc(C)cc3)C2=O)cc1Cl. The maximum absolute atomic E-state index is 12.6. The fraction of sp³-hybridized carbons (Fsp3) is 0.261. The van der Waals surface area contributed by atoms with Crippen molar-refractivity contribution in [1.82, 2.24) is 10.2 Å². The summed E-state index contributed by atoms with van der Waals surface area (Å²) in [4.78, 5) is 38.0. The Morgan fingerprint density at radius 1 is 1.23 bits per heavy atom. The lowest BCUT2D eigenvalue weighted by molar-refractivity contribution is -0.127. The van der Waals surface area contributed by atoms with Gasteiger partial charge in [-0.05, 0) is 56.2 Å². The van der Waals surface area contributed by atoms with E-state index < -0.39 is 24.4 Å². The number of halogens is 1. The Morgan fingerprint density at radius 2 is 1.94 bits per heavy atom. The molecule has 2 aromatic carbocycles. The number of carbonyl (C=O) groups is 3. The summed E-state index contributed by atoms with van der Waals surface area (Å²) in [7, 11) is 0. The van der Waals surface area contributed by atoms with Crippen molar-refractivity contribution in [2.45, 2.75) is 33.3 Å². The summed E-state index contributed by atoms with van der Waals surface area (Å²) in [5.41, 5.74) is 2.34. The molecule has 4 amide bonds. The van der Waals surface area contributed by atoms with Gasteiger partial charge in [0, 0.05) is 5.69 Å². The Morgan fingerprint density at radius 3 is 2.58 bits per heavy atom. The first kappa shape index (κ1) is 22.4. The van der Waals surface area contributed by atoms with E-state index >= 15 is 0 Å². The summed E-state index contributed by atoms with van der Waals surface area (Å²) in [6.45, 7) is 5.51. The van der Waals surface area contributed by atoms with Crippen molar-refractivity contribution in [3.63, 3.8) is 0 Å². The molecule has 0 bridgehead atoms. The summed E-state index contributed by atoms with van der Waals surface area (Å²) < 4.78 is 5.73. The lowest BCUT2D eigenvalue weighted by Crippen LogP contribution is -2.38. The van der Waals surface area contributed by atoms with Crippen LogP contribution in [-0.2, 0) is 9.59 Å². The second-order valence-corrected chi connectivity index (χ2v) is 7.73. The molecule has 0 radical (unpaired) electrons. The fourth-order valence-corrected chi connectivity index (χ4v) is 3.10. The fourth-order valence-electron chi connectivity index (χ4n) is 2.87. The van der Waals surface area contributed by atoms with Crippen LogP contribution in [0.1, 0.15) is 31.4 Å². The van der Waals surface area contributed by atoms with Crippen LogP contribution in [0.5, 0.6) is 5.75 Å². The van der Waals surface area contributed by atoms with E-state index in [9.17, 15) is 14.4 Å². The molecule has 0 unspecified atom stereocenters. The summed E-state index contributed by atoms with van der Waals surface area (Å²) in [6.07, 6.45) is 2.38. The van der Waals surface area contributed by atoms with Crippen LogP contribution in [0.3, 0.4) is 0 Å². The maximum Gasteiger partial charge on any atom is 0.329 e. The van der Waals surface area contributed by atoms with Gasteiger partial charge in [0.15, 0.2) is 0 Å². The molecule has 1 fully saturated rings. The second-order valence-electron chi connectivity index (χ2n) is 7.32. The highest BCUT2D eigenvalue weighted by Gasteiger charge is 2.34. The third-order valence-corrected chi connectivity index (χ3v) is 5.06.